The van der Waals surface area contributed by atoms with E-state index in [0.717, 1.165) is 19.5 Å². The number of hydrogen-bond donors (Lipinski definition) is 1. The first-order valence-corrected chi connectivity index (χ1v) is 7.72. The highest BCUT2D eigenvalue weighted by Gasteiger charge is 2.30. The third-order valence-corrected chi connectivity index (χ3v) is 4.11. The standard InChI is InChI=1S/C17H26N2O3/c1-18(2)9-13-7-14(12-20)11-19(10-13)17(21)15-5-4-6-16(8-15)22-3/h4-6,8,13-14,20H,7,9-12H2,1-3H3. The zero-order valence-electron chi connectivity index (χ0n) is 13.7. The lowest BCUT2D eigenvalue weighted by Gasteiger charge is -2.38. The molecule has 1 aliphatic heterocycles. The molecule has 1 amide bonds. The van der Waals surface area contributed by atoms with Gasteiger partial charge in [-0.15, -0.1) is 0 Å². The molecule has 2 atom stereocenters. The summed E-state index contributed by atoms with van der Waals surface area (Å²) in [4.78, 5) is 16.7. The molecule has 122 valence electrons. The Balaban J connectivity index is 2.12. The Kier molecular flexibility index (Phi) is 5.80. The van der Waals surface area contributed by atoms with Crippen LogP contribution in [0, 0.1) is 11.8 Å². The van der Waals surface area contributed by atoms with Crippen LogP contribution in [0.2, 0.25) is 0 Å². The van der Waals surface area contributed by atoms with Crippen molar-refractivity contribution in [1.82, 2.24) is 9.80 Å². The van der Waals surface area contributed by atoms with Gasteiger partial charge in [0.15, 0.2) is 0 Å². The lowest BCUT2D eigenvalue weighted by Crippen LogP contribution is -2.47. The van der Waals surface area contributed by atoms with Gasteiger partial charge in [-0.25, -0.2) is 0 Å². The number of nitrogens with zero attached hydrogens (tertiary/aromatic N) is 2. The number of aliphatic hydroxyl groups excluding tert-OH is 1. The van der Waals surface area contributed by atoms with Gasteiger partial charge in [0.2, 0.25) is 0 Å². The molecule has 1 aliphatic rings. The quantitative estimate of drug-likeness (QED) is 0.891. The molecular weight excluding hydrogens is 280 g/mol. The van der Waals surface area contributed by atoms with Crippen molar-refractivity contribution in [3.05, 3.63) is 29.8 Å². The number of aliphatic hydroxyl groups is 1. The predicted octanol–water partition coefficient (Wildman–Crippen LogP) is 1.33. The van der Waals surface area contributed by atoms with Crippen molar-refractivity contribution < 1.29 is 14.6 Å². The van der Waals surface area contributed by atoms with Crippen molar-refractivity contribution in [3.63, 3.8) is 0 Å². The van der Waals surface area contributed by atoms with E-state index in [-0.39, 0.29) is 18.4 Å². The number of hydrogen-bond acceptors (Lipinski definition) is 4. The van der Waals surface area contributed by atoms with Gasteiger partial charge < -0.3 is 19.6 Å². The van der Waals surface area contributed by atoms with E-state index in [1.807, 2.05) is 37.2 Å². The molecule has 1 fully saturated rings. The van der Waals surface area contributed by atoms with E-state index in [2.05, 4.69) is 4.90 Å². The Morgan fingerprint density at radius 2 is 2.09 bits per heavy atom. The molecule has 0 aliphatic carbocycles. The summed E-state index contributed by atoms with van der Waals surface area (Å²) in [6, 6.07) is 7.25. The van der Waals surface area contributed by atoms with Gasteiger partial charge in [-0.05, 0) is 50.6 Å². The highest BCUT2D eigenvalue weighted by molar-refractivity contribution is 5.94. The number of benzene rings is 1. The average molecular weight is 306 g/mol. The highest BCUT2D eigenvalue weighted by Crippen LogP contribution is 2.24. The van der Waals surface area contributed by atoms with Crippen LogP contribution in [0.25, 0.3) is 0 Å². The molecule has 0 bridgehead atoms. The van der Waals surface area contributed by atoms with Crippen LogP contribution in [0.3, 0.4) is 0 Å². The zero-order valence-corrected chi connectivity index (χ0v) is 13.7. The van der Waals surface area contributed by atoms with E-state index in [4.69, 9.17) is 4.74 Å². The SMILES string of the molecule is COc1cccc(C(=O)N2CC(CO)CC(CN(C)C)C2)c1. The monoisotopic (exact) mass is 306 g/mol. The Morgan fingerprint density at radius 3 is 2.73 bits per heavy atom. The summed E-state index contributed by atoms with van der Waals surface area (Å²) in [6.07, 6.45) is 0.969. The zero-order chi connectivity index (χ0) is 16.1. The average Bonchev–Trinajstić information content (AvgIpc) is 2.53. The topological polar surface area (TPSA) is 53.0 Å². The fraction of sp³-hybridized carbons (Fsp3) is 0.588. The lowest BCUT2D eigenvalue weighted by molar-refractivity contribution is 0.0477. The molecule has 1 N–H and O–H groups in total. The summed E-state index contributed by atoms with van der Waals surface area (Å²) in [5, 5.41) is 9.52. The normalized spacial score (nSPS) is 22.0. The molecule has 0 spiro atoms. The number of piperidine rings is 1. The summed E-state index contributed by atoms with van der Waals surface area (Å²) >= 11 is 0. The van der Waals surface area contributed by atoms with Crippen LogP contribution in [0.15, 0.2) is 24.3 Å². The van der Waals surface area contributed by atoms with E-state index in [1.54, 1.807) is 13.2 Å². The Labute approximate surface area is 132 Å². The van der Waals surface area contributed by atoms with Gasteiger partial charge in [-0.1, -0.05) is 6.07 Å². The van der Waals surface area contributed by atoms with Gasteiger partial charge >= 0.3 is 0 Å². The van der Waals surface area contributed by atoms with Gasteiger partial charge in [0, 0.05) is 31.8 Å². The first kappa shape index (κ1) is 16.8. The first-order valence-electron chi connectivity index (χ1n) is 7.72. The Bertz CT molecular complexity index is 504. The molecular formula is C17H26N2O3. The number of likely N-dealkylation sites (tertiary alicyclic amines) is 1. The second-order valence-corrected chi connectivity index (χ2v) is 6.35. The largest absolute Gasteiger partial charge is 0.497 e. The minimum atomic E-state index is 0.0146. The van der Waals surface area contributed by atoms with Crippen LogP contribution in [-0.4, -0.2) is 68.3 Å². The van der Waals surface area contributed by atoms with E-state index in [1.165, 1.54) is 0 Å². The van der Waals surface area contributed by atoms with Gasteiger partial charge in [-0.2, -0.15) is 0 Å². The molecule has 22 heavy (non-hydrogen) atoms. The molecule has 0 aromatic heterocycles. The van der Waals surface area contributed by atoms with E-state index < -0.39 is 0 Å². The van der Waals surface area contributed by atoms with Crippen LogP contribution in [0.5, 0.6) is 5.75 Å². The number of carbonyl (C=O) groups is 1. The first-order chi connectivity index (χ1) is 10.5. The van der Waals surface area contributed by atoms with Crippen LogP contribution in [0.1, 0.15) is 16.8 Å². The fourth-order valence-corrected chi connectivity index (χ4v) is 3.20. The minimum absolute atomic E-state index is 0.0146. The van der Waals surface area contributed by atoms with Gasteiger partial charge in [0.05, 0.1) is 7.11 Å². The lowest BCUT2D eigenvalue weighted by atomic mass is 9.89. The number of amides is 1. The number of ether oxygens (including phenoxy) is 1. The van der Waals surface area contributed by atoms with E-state index in [9.17, 15) is 9.90 Å². The minimum Gasteiger partial charge on any atom is -0.497 e. The molecule has 0 radical (unpaired) electrons. The van der Waals surface area contributed by atoms with Crippen molar-refractivity contribution in [2.24, 2.45) is 11.8 Å². The Hall–Kier alpha value is -1.59. The molecule has 2 rings (SSSR count). The van der Waals surface area contributed by atoms with Crippen molar-refractivity contribution in [2.45, 2.75) is 6.42 Å². The number of methoxy groups -OCH3 is 1. The molecule has 5 nitrogen and oxygen atoms in total. The van der Waals surface area contributed by atoms with Gasteiger partial charge in [0.25, 0.3) is 5.91 Å². The maximum Gasteiger partial charge on any atom is 0.254 e. The summed E-state index contributed by atoms with van der Waals surface area (Å²) < 4.78 is 5.19. The molecule has 1 saturated heterocycles. The molecule has 1 heterocycles. The van der Waals surface area contributed by atoms with Crippen molar-refractivity contribution in [1.29, 1.82) is 0 Å². The number of rotatable bonds is 5. The summed E-state index contributed by atoms with van der Waals surface area (Å²) in [5.41, 5.74) is 0.640. The van der Waals surface area contributed by atoms with Gasteiger partial charge in [-0.3, -0.25) is 4.79 Å². The van der Waals surface area contributed by atoms with Crippen LogP contribution in [-0.2, 0) is 0 Å². The number of carbonyl (C=O) groups excluding carboxylic acids is 1. The summed E-state index contributed by atoms with van der Waals surface area (Å²) in [7, 11) is 5.67. The van der Waals surface area contributed by atoms with Crippen LogP contribution in [0.4, 0.5) is 0 Å². The maximum absolute atomic E-state index is 12.7. The maximum atomic E-state index is 12.7. The third-order valence-electron chi connectivity index (χ3n) is 4.11. The summed E-state index contributed by atoms with van der Waals surface area (Å²) in [6.45, 7) is 2.42. The van der Waals surface area contributed by atoms with E-state index in [0.29, 0.717) is 23.8 Å². The van der Waals surface area contributed by atoms with Crippen molar-refractivity contribution >= 4 is 5.91 Å². The molecule has 1 aromatic carbocycles. The van der Waals surface area contributed by atoms with E-state index >= 15 is 0 Å². The second-order valence-electron chi connectivity index (χ2n) is 6.35. The highest BCUT2D eigenvalue weighted by atomic mass is 16.5. The molecule has 5 heteroatoms. The Morgan fingerprint density at radius 1 is 1.36 bits per heavy atom. The summed E-state index contributed by atoms with van der Waals surface area (Å²) in [5.74, 6) is 1.26. The second kappa shape index (κ2) is 7.61. The molecule has 1 aromatic rings. The van der Waals surface area contributed by atoms with Crippen LogP contribution >= 0.6 is 0 Å². The predicted molar refractivity (Wildman–Crippen MR) is 86.1 cm³/mol. The van der Waals surface area contributed by atoms with Crippen LogP contribution < -0.4 is 4.74 Å². The third kappa shape index (κ3) is 4.21. The molecule has 2 unspecified atom stereocenters. The van der Waals surface area contributed by atoms with Crippen molar-refractivity contribution in [3.8, 4) is 5.75 Å². The molecule has 0 saturated carbocycles. The van der Waals surface area contributed by atoms with Gasteiger partial charge in [0.1, 0.15) is 5.75 Å². The smallest absolute Gasteiger partial charge is 0.254 e. The fourth-order valence-electron chi connectivity index (χ4n) is 3.20. The van der Waals surface area contributed by atoms with Crippen molar-refractivity contribution in [2.75, 3.05) is 47.4 Å².